The van der Waals surface area contributed by atoms with Crippen molar-refractivity contribution < 1.29 is 14.6 Å². The lowest BCUT2D eigenvalue weighted by molar-refractivity contribution is -0.142. The minimum Gasteiger partial charge on any atom is -0.481 e. The van der Waals surface area contributed by atoms with Crippen molar-refractivity contribution >= 4 is 11.9 Å². The van der Waals surface area contributed by atoms with Crippen LogP contribution in [0.1, 0.15) is 25.5 Å². The zero-order chi connectivity index (χ0) is 13.3. The van der Waals surface area contributed by atoms with Crippen LogP contribution in [0.4, 0.5) is 5.95 Å². The smallest absolute Gasteiger partial charge is 0.329 e. The van der Waals surface area contributed by atoms with Gasteiger partial charge < -0.3 is 14.7 Å². The molecule has 0 aromatic carbocycles. The van der Waals surface area contributed by atoms with Crippen LogP contribution >= 0.6 is 0 Å². The third-order valence-corrected chi connectivity index (χ3v) is 3.37. The standard InChI is InChI=1S/C12H17N3O3/c1-8-7-9(18-3)14-11(13-8)15-6-4-5-12(15,2)10(16)17/h7H,4-6H2,1-3H3,(H,16,17). The molecular formula is C12H17N3O3. The van der Waals surface area contributed by atoms with E-state index in [4.69, 9.17) is 4.74 Å². The lowest BCUT2D eigenvalue weighted by Crippen LogP contribution is -2.48. The van der Waals surface area contributed by atoms with E-state index >= 15 is 0 Å². The Hall–Kier alpha value is -1.85. The molecule has 1 aromatic heterocycles. The third-order valence-electron chi connectivity index (χ3n) is 3.37. The Bertz CT molecular complexity index is 478. The summed E-state index contributed by atoms with van der Waals surface area (Å²) in [6.45, 7) is 4.19. The second-order valence-corrected chi connectivity index (χ2v) is 4.69. The predicted molar refractivity (Wildman–Crippen MR) is 65.9 cm³/mol. The van der Waals surface area contributed by atoms with Crippen LogP contribution in [0.3, 0.4) is 0 Å². The number of hydrogen-bond donors (Lipinski definition) is 1. The Morgan fingerprint density at radius 1 is 1.56 bits per heavy atom. The summed E-state index contributed by atoms with van der Waals surface area (Å²) in [5.41, 5.74) is -0.171. The van der Waals surface area contributed by atoms with E-state index in [1.165, 1.54) is 7.11 Å². The number of rotatable bonds is 3. The van der Waals surface area contributed by atoms with Gasteiger partial charge in [-0.3, -0.25) is 0 Å². The van der Waals surface area contributed by atoms with E-state index in [-0.39, 0.29) is 0 Å². The molecule has 1 atom stereocenters. The largest absolute Gasteiger partial charge is 0.481 e. The molecule has 2 heterocycles. The van der Waals surface area contributed by atoms with Crippen molar-refractivity contribution in [2.24, 2.45) is 0 Å². The minimum absolute atomic E-state index is 0.425. The normalized spacial score (nSPS) is 23.2. The van der Waals surface area contributed by atoms with Gasteiger partial charge in [0.25, 0.3) is 0 Å². The van der Waals surface area contributed by atoms with E-state index in [2.05, 4.69) is 9.97 Å². The summed E-state index contributed by atoms with van der Waals surface area (Å²) < 4.78 is 5.10. The van der Waals surface area contributed by atoms with Crippen molar-refractivity contribution in [3.63, 3.8) is 0 Å². The van der Waals surface area contributed by atoms with E-state index in [9.17, 15) is 9.90 Å². The molecule has 6 heteroatoms. The first-order valence-electron chi connectivity index (χ1n) is 5.88. The van der Waals surface area contributed by atoms with E-state index in [1.807, 2.05) is 6.92 Å². The number of nitrogens with zero attached hydrogens (tertiary/aromatic N) is 3. The molecule has 1 aromatic rings. The lowest BCUT2D eigenvalue weighted by Gasteiger charge is -2.31. The van der Waals surface area contributed by atoms with Gasteiger partial charge in [-0.2, -0.15) is 4.98 Å². The maximum atomic E-state index is 11.4. The van der Waals surface area contributed by atoms with Crippen molar-refractivity contribution in [1.29, 1.82) is 0 Å². The van der Waals surface area contributed by atoms with Crippen molar-refractivity contribution in [1.82, 2.24) is 9.97 Å². The van der Waals surface area contributed by atoms with Crippen LogP contribution < -0.4 is 9.64 Å². The lowest BCUT2D eigenvalue weighted by atomic mass is 10.00. The molecule has 1 N–H and O–H groups in total. The van der Waals surface area contributed by atoms with Gasteiger partial charge in [-0.1, -0.05) is 0 Å². The zero-order valence-electron chi connectivity index (χ0n) is 10.8. The van der Waals surface area contributed by atoms with Crippen LogP contribution in [-0.4, -0.2) is 40.2 Å². The summed E-state index contributed by atoms with van der Waals surface area (Å²) in [5.74, 6) is 0.0375. The van der Waals surface area contributed by atoms with Crippen LogP contribution in [-0.2, 0) is 4.79 Å². The molecule has 98 valence electrons. The fourth-order valence-corrected chi connectivity index (χ4v) is 2.26. The first kappa shape index (κ1) is 12.6. The van der Waals surface area contributed by atoms with Crippen molar-refractivity contribution in [3.05, 3.63) is 11.8 Å². The summed E-state index contributed by atoms with van der Waals surface area (Å²) >= 11 is 0. The van der Waals surface area contributed by atoms with E-state index < -0.39 is 11.5 Å². The first-order chi connectivity index (χ1) is 8.47. The quantitative estimate of drug-likeness (QED) is 0.871. The fraction of sp³-hybridized carbons (Fsp3) is 0.583. The van der Waals surface area contributed by atoms with E-state index in [0.29, 0.717) is 24.8 Å². The number of carbonyl (C=O) groups is 1. The minimum atomic E-state index is -0.932. The van der Waals surface area contributed by atoms with Gasteiger partial charge in [0.1, 0.15) is 5.54 Å². The maximum absolute atomic E-state index is 11.4. The summed E-state index contributed by atoms with van der Waals surface area (Å²) in [4.78, 5) is 21.7. The Balaban J connectivity index is 2.42. The number of methoxy groups -OCH3 is 1. The number of aromatic nitrogens is 2. The summed E-state index contributed by atoms with van der Waals surface area (Å²) in [5, 5.41) is 9.37. The number of ether oxygens (including phenoxy) is 1. The molecule has 0 radical (unpaired) electrons. The summed E-state index contributed by atoms with van der Waals surface area (Å²) in [7, 11) is 1.53. The molecule has 1 saturated heterocycles. The van der Waals surface area contributed by atoms with E-state index in [0.717, 1.165) is 12.1 Å². The van der Waals surface area contributed by atoms with Crippen molar-refractivity contribution in [3.8, 4) is 5.88 Å². The number of aryl methyl sites for hydroxylation is 1. The molecule has 0 saturated carbocycles. The zero-order valence-corrected chi connectivity index (χ0v) is 10.8. The van der Waals surface area contributed by atoms with Crippen molar-refractivity contribution in [2.75, 3.05) is 18.6 Å². The number of aliphatic carboxylic acids is 1. The second-order valence-electron chi connectivity index (χ2n) is 4.69. The molecule has 1 fully saturated rings. The van der Waals surface area contributed by atoms with Gasteiger partial charge in [-0.25, -0.2) is 9.78 Å². The Labute approximate surface area is 106 Å². The first-order valence-corrected chi connectivity index (χ1v) is 5.88. The Kier molecular flexibility index (Phi) is 3.11. The van der Waals surface area contributed by atoms with Crippen molar-refractivity contribution in [2.45, 2.75) is 32.2 Å². The SMILES string of the molecule is COc1cc(C)nc(N2CCCC2(C)C(=O)O)n1. The maximum Gasteiger partial charge on any atom is 0.329 e. The van der Waals surface area contributed by atoms with Gasteiger partial charge in [0, 0.05) is 18.3 Å². The average molecular weight is 251 g/mol. The number of carboxylic acid groups (broad SMARTS) is 1. The van der Waals surface area contributed by atoms with Crippen LogP contribution in [0.5, 0.6) is 5.88 Å². The van der Waals surface area contributed by atoms with Gasteiger partial charge in [-0.05, 0) is 26.7 Å². The van der Waals surface area contributed by atoms with E-state index in [1.54, 1.807) is 17.9 Å². The second kappa shape index (κ2) is 4.44. The number of anilines is 1. The molecule has 1 aliphatic rings. The number of carboxylic acids is 1. The van der Waals surface area contributed by atoms with Gasteiger partial charge in [-0.15, -0.1) is 0 Å². The van der Waals surface area contributed by atoms with Gasteiger partial charge in [0.15, 0.2) is 0 Å². The highest BCUT2D eigenvalue weighted by Crippen LogP contribution is 2.33. The highest BCUT2D eigenvalue weighted by atomic mass is 16.5. The fourth-order valence-electron chi connectivity index (χ4n) is 2.26. The Morgan fingerprint density at radius 3 is 2.89 bits per heavy atom. The highest BCUT2D eigenvalue weighted by Gasteiger charge is 2.44. The Morgan fingerprint density at radius 2 is 2.28 bits per heavy atom. The van der Waals surface area contributed by atoms with Gasteiger partial charge >= 0.3 is 5.97 Å². The molecule has 18 heavy (non-hydrogen) atoms. The molecule has 1 aliphatic heterocycles. The third kappa shape index (κ3) is 1.98. The molecule has 0 spiro atoms. The van der Waals surface area contributed by atoms with Crippen LogP contribution in [0.25, 0.3) is 0 Å². The molecule has 0 bridgehead atoms. The van der Waals surface area contributed by atoms with Crippen LogP contribution in [0.2, 0.25) is 0 Å². The molecule has 2 rings (SSSR count). The van der Waals surface area contributed by atoms with Crippen LogP contribution in [0.15, 0.2) is 6.07 Å². The molecule has 1 unspecified atom stereocenters. The van der Waals surface area contributed by atoms with Gasteiger partial charge in [0.05, 0.1) is 7.11 Å². The highest BCUT2D eigenvalue weighted by molar-refractivity contribution is 5.83. The van der Waals surface area contributed by atoms with Crippen LogP contribution in [0, 0.1) is 6.92 Å². The molecule has 0 amide bonds. The molecule has 6 nitrogen and oxygen atoms in total. The molecular weight excluding hydrogens is 234 g/mol. The topological polar surface area (TPSA) is 75.5 Å². The van der Waals surface area contributed by atoms with Gasteiger partial charge in [0.2, 0.25) is 11.8 Å². The summed E-state index contributed by atoms with van der Waals surface area (Å²) in [6.07, 6.45) is 1.42. The predicted octanol–water partition coefficient (Wildman–Crippen LogP) is 1.24. The number of hydrogen-bond acceptors (Lipinski definition) is 5. The average Bonchev–Trinajstić information content (AvgIpc) is 2.72. The molecule has 0 aliphatic carbocycles. The summed E-state index contributed by atoms with van der Waals surface area (Å²) in [6, 6.07) is 1.72. The monoisotopic (exact) mass is 251 g/mol.